The van der Waals surface area contributed by atoms with E-state index in [-0.39, 0.29) is 40.9 Å². The highest BCUT2D eigenvalue weighted by Crippen LogP contribution is 2.43. The number of benzene rings is 2. The number of alkyl halides is 3. The Bertz CT molecular complexity index is 1260. The van der Waals surface area contributed by atoms with Gasteiger partial charge in [0.05, 0.1) is 12.0 Å². The first kappa shape index (κ1) is 21.9. The van der Waals surface area contributed by atoms with E-state index in [1.807, 2.05) is 0 Å². The fourth-order valence-corrected chi connectivity index (χ4v) is 3.83. The van der Waals surface area contributed by atoms with Crippen LogP contribution in [0.2, 0.25) is 0 Å². The second-order valence-electron chi connectivity index (χ2n) is 7.67. The highest BCUT2D eigenvalue weighted by atomic mass is 19.4. The fraction of sp³-hybridized carbons (Fsp3) is 0.318. The molecule has 10 heteroatoms. The SMILES string of the molecule is Cn1nc(/N=C/C(O)(CC2CCOc3c(F)cccc32)C(F)(F)F)c2ccccc2c1=O. The van der Waals surface area contributed by atoms with Crippen molar-refractivity contribution in [2.45, 2.75) is 30.5 Å². The number of hydrogen-bond donors (Lipinski definition) is 1. The van der Waals surface area contributed by atoms with Gasteiger partial charge in [0.25, 0.3) is 5.56 Å². The molecule has 2 atom stereocenters. The zero-order valence-corrected chi connectivity index (χ0v) is 16.9. The number of para-hydroxylation sites is 1. The third kappa shape index (κ3) is 3.86. The summed E-state index contributed by atoms with van der Waals surface area (Å²) >= 11 is 0. The molecule has 1 N–H and O–H groups in total. The van der Waals surface area contributed by atoms with E-state index >= 15 is 0 Å². The zero-order valence-electron chi connectivity index (χ0n) is 16.9. The molecule has 3 aromatic rings. The number of aromatic nitrogens is 2. The van der Waals surface area contributed by atoms with Gasteiger partial charge < -0.3 is 9.84 Å². The molecule has 32 heavy (non-hydrogen) atoms. The first-order valence-electron chi connectivity index (χ1n) is 9.82. The number of rotatable bonds is 4. The van der Waals surface area contributed by atoms with Gasteiger partial charge in [-0.3, -0.25) is 4.79 Å². The van der Waals surface area contributed by atoms with E-state index in [1.165, 1.54) is 31.3 Å². The number of aliphatic imine (C=N–C) groups is 1. The van der Waals surface area contributed by atoms with E-state index in [2.05, 4.69) is 10.1 Å². The van der Waals surface area contributed by atoms with E-state index < -0.39 is 35.5 Å². The van der Waals surface area contributed by atoms with Crippen LogP contribution < -0.4 is 10.3 Å². The molecule has 0 aliphatic carbocycles. The monoisotopic (exact) mass is 449 g/mol. The normalized spacial score (nSPS) is 18.4. The molecule has 1 aromatic heterocycles. The lowest BCUT2D eigenvalue weighted by molar-refractivity contribution is -0.232. The summed E-state index contributed by atoms with van der Waals surface area (Å²) < 4.78 is 62.1. The van der Waals surface area contributed by atoms with Gasteiger partial charge in [-0.15, -0.1) is 5.10 Å². The van der Waals surface area contributed by atoms with Gasteiger partial charge in [0.1, 0.15) is 0 Å². The predicted octanol–water partition coefficient (Wildman–Crippen LogP) is 4.02. The zero-order chi connectivity index (χ0) is 23.1. The minimum absolute atomic E-state index is 0.0245. The number of hydrogen-bond acceptors (Lipinski definition) is 5. The Balaban J connectivity index is 1.75. The molecule has 6 nitrogen and oxygen atoms in total. The largest absolute Gasteiger partial charge is 0.490 e. The molecule has 0 bridgehead atoms. The summed E-state index contributed by atoms with van der Waals surface area (Å²) in [6.07, 6.45) is -5.26. The van der Waals surface area contributed by atoms with E-state index in [0.29, 0.717) is 6.21 Å². The summed E-state index contributed by atoms with van der Waals surface area (Å²) in [5.41, 5.74) is -3.47. The van der Waals surface area contributed by atoms with Crippen LogP contribution in [0.25, 0.3) is 10.8 Å². The highest BCUT2D eigenvalue weighted by molar-refractivity contribution is 5.91. The van der Waals surface area contributed by atoms with Crippen molar-refractivity contribution in [3.8, 4) is 5.75 Å². The van der Waals surface area contributed by atoms with Crippen LogP contribution in [-0.2, 0) is 7.05 Å². The summed E-state index contributed by atoms with van der Waals surface area (Å²) in [5.74, 6) is -1.71. The lowest BCUT2D eigenvalue weighted by atomic mass is 9.82. The van der Waals surface area contributed by atoms with Crippen LogP contribution >= 0.6 is 0 Å². The number of fused-ring (bicyclic) bond motifs is 2. The summed E-state index contributed by atoms with van der Waals surface area (Å²) in [4.78, 5) is 16.1. The summed E-state index contributed by atoms with van der Waals surface area (Å²) in [7, 11) is 1.36. The number of halogens is 4. The lowest BCUT2D eigenvalue weighted by Crippen LogP contribution is -2.48. The minimum atomic E-state index is -5.06. The second kappa shape index (κ2) is 8.01. The molecule has 0 amide bonds. The van der Waals surface area contributed by atoms with E-state index in [9.17, 15) is 27.5 Å². The van der Waals surface area contributed by atoms with Crippen LogP contribution in [0.15, 0.2) is 52.3 Å². The van der Waals surface area contributed by atoms with Gasteiger partial charge in [-0.25, -0.2) is 14.1 Å². The van der Waals surface area contributed by atoms with Crippen molar-refractivity contribution in [3.63, 3.8) is 0 Å². The molecular weight excluding hydrogens is 430 g/mol. The standard InChI is InChI=1S/C22H19F4N3O3/c1-29-20(30)16-6-3-2-5-15(16)19(28-29)27-12-21(31,22(24,25)26)11-13-9-10-32-18-14(13)7-4-8-17(18)23/h2-8,12-13,31H,9-11H2,1H3/b27-12+. The van der Waals surface area contributed by atoms with E-state index in [0.717, 1.165) is 10.7 Å². The number of aryl methyl sites for hydroxylation is 1. The summed E-state index contributed by atoms with van der Waals surface area (Å²) in [5, 5.41) is 15.1. The summed E-state index contributed by atoms with van der Waals surface area (Å²) in [6.45, 7) is 0.0245. The van der Waals surface area contributed by atoms with Crippen molar-refractivity contribution < 1.29 is 27.4 Å². The highest BCUT2D eigenvalue weighted by Gasteiger charge is 2.54. The van der Waals surface area contributed by atoms with Crippen molar-refractivity contribution in [1.82, 2.24) is 9.78 Å². The number of ether oxygens (including phenoxy) is 1. The molecule has 4 rings (SSSR count). The van der Waals surface area contributed by atoms with E-state index in [1.54, 1.807) is 12.1 Å². The molecular formula is C22H19F4N3O3. The van der Waals surface area contributed by atoms with Crippen LogP contribution in [0.1, 0.15) is 24.3 Å². The van der Waals surface area contributed by atoms with Gasteiger partial charge in [0, 0.05) is 24.2 Å². The molecule has 1 aliphatic rings. The maximum Gasteiger partial charge on any atom is 0.422 e. The van der Waals surface area contributed by atoms with Gasteiger partial charge in [-0.1, -0.05) is 30.3 Å². The molecule has 2 unspecified atom stereocenters. The molecule has 2 heterocycles. The average molecular weight is 449 g/mol. The van der Waals surface area contributed by atoms with Crippen molar-refractivity contribution in [3.05, 3.63) is 64.2 Å². The smallest absolute Gasteiger partial charge is 0.422 e. The van der Waals surface area contributed by atoms with Crippen molar-refractivity contribution in [1.29, 1.82) is 0 Å². The van der Waals surface area contributed by atoms with Gasteiger partial charge in [-0.05, 0) is 30.9 Å². The van der Waals surface area contributed by atoms with Gasteiger partial charge in [0.15, 0.2) is 23.0 Å². The second-order valence-corrected chi connectivity index (χ2v) is 7.67. The third-order valence-electron chi connectivity index (χ3n) is 5.54. The Hall–Kier alpha value is -3.27. The van der Waals surface area contributed by atoms with Crippen LogP contribution in [0, 0.1) is 5.82 Å². The molecule has 0 spiro atoms. The average Bonchev–Trinajstić information content (AvgIpc) is 2.75. The Morgan fingerprint density at radius 2 is 1.94 bits per heavy atom. The molecule has 0 saturated heterocycles. The molecule has 0 fully saturated rings. The molecule has 0 radical (unpaired) electrons. The Morgan fingerprint density at radius 1 is 1.22 bits per heavy atom. The first-order chi connectivity index (χ1) is 15.1. The van der Waals surface area contributed by atoms with Crippen LogP contribution in [0.3, 0.4) is 0 Å². The van der Waals surface area contributed by atoms with Gasteiger partial charge >= 0.3 is 6.18 Å². The molecule has 1 aliphatic heterocycles. The Kier molecular flexibility index (Phi) is 5.49. The van der Waals surface area contributed by atoms with Gasteiger partial charge in [0.2, 0.25) is 0 Å². The van der Waals surface area contributed by atoms with E-state index in [4.69, 9.17) is 4.74 Å². The Morgan fingerprint density at radius 3 is 2.66 bits per heavy atom. The first-order valence-corrected chi connectivity index (χ1v) is 9.82. The van der Waals surface area contributed by atoms with Crippen LogP contribution in [-0.4, -0.2) is 39.5 Å². The molecule has 168 valence electrons. The van der Waals surface area contributed by atoms with Crippen LogP contribution in [0.4, 0.5) is 23.4 Å². The fourth-order valence-electron chi connectivity index (χ4n) is 3.83. The number of nitrogens with zero attached hydrogens (tertiary/aromatic N) is 3. The van der Waals surface area contributed by atoms with Crippen molar-refractivity contribution >= 4 is 22.8 Å². The Labute approximate surface area is 179 Å². The van der Waals surface area contributed by atoms with Crippen molar-refractivity contribution in [2.24, 2.45) is 12.0 Å². The summed E-state index contributed by atoms with van der Waals surface area (Å²) in [6, 6.07) is 10.3. The maximum atomic E-state index is 14.0. The van der Waals surface area contributed by atoms with Crippen LogP contribution in [0.5, 0.6) is 5.75 Å². The maximum absolute atomic E-state index is 14.0. The van der Waals surface area contributed by atoms with Gasteiger partial charge in [-0.2, -0.15) is 13.2 Å². The quantitative estimate of drug-likeness (QED) is 0.482. The molecule has 2 aromatic carbocycles. The third-order valence-corrected chi connectivity index (χ3v) is 5.54. The minimum Gasteiger partial charge on any atom is -0.490 e. The topological polar surface area (TPSA) is 76.7 Å². The number of aliphatic hydroxyl groups is 1. The molecule has 0 saturated carbocycles. The predicted molar refractivity (Wildman–Crippen MR) is 110 cm³/mol. The lowest BCUT2D eigenvalue weighted by Gasteiger charge is -2.33. The van der Waals surface area contributed by atoms with Crippen molar-refractivity contribution in [2.75, 3.05) is 6.61 Å².